The minimum atomic E-state index is -0.929. The van der Waals surface area contributed by atoms with Crippen LogP contribution in [0.5, 0.6) is 0 Å². The number of nitro benzene ring substituents is 2. The third-order valence-electron chi connectivity index (χ3n) is 3.85. The second kappa shape index (κ2) is 8.65. The normalized spacial score (nSPS) is 11.4. The Kier molecular flexibility index (Phi) is 6.32. The van der Waals surface area contributed by atoms with Gasteiger partial charge in [-0.05, 0) is 6.42 Å². The monoisotopic (exact) mass is 372 g/mol. The fraction of sp³-hybridized carbons (Fsp3) is 0.222. The van der Waals surface area contributed by atoms with Gasteiger partial charge in [0, 0.05) is 23.6 Å². The van der Waals surface area contributed by atoms with Gasteiger partial charge in [-0.3, -0.25) is 25.0 Å². The minimum absolute atomic E-state index is 0.0994. The van der Waals surface area contributed by atoms with Crippen molar-refractivity contribution in [3.05, 3.63) is 79.9 Å². The number of nitro groups is 2. The number of benzene rings is 2. The molecule has 2 aromatic rings. The van der Waals surface area contributed by atoms with Crippen LogP contribution in [-0.2, 0) is 4.74 Å². The van der Waals surface area contributed by atoms with Gasteiger partial charge in [0.1, 0.15) is 0 Å². The Morgan fingerprint density at radius 2 is 1.52 bits per heavy atom. The van der Waals surface area contributed by atoms with Crippen molar-refractivity contribution in [2.45, 2.75) is 13.3 Å². The molecule has 0 heterocycles. The molecule has 9 nitrogen and oxygen atoms in total. The van der Waals surface area contributed by atoms with E-state index in [0.29, 0.717) is 5.56 Å². The first kappa shape index (κ1) is 19.7. The van der Waals surface area contributed by atoms with Gasteiger partial charge in [-0.15, -0.1) is 0 Å². The van der Waals surface area contributed by atoms with E-state index in [0.717, 1.165) is 18.2 Å². The first-order valence-electron chi connectivity index (χ1n) is 8.00. The molecular weight excluding hydrogens is 356 g/mol. The quantitative estimate of drug-likeness (QED) is 0.300. The standard InChI is InChI=1S/C18H16N2O7/c1-12(17(21)13-5-3-2-4-6-13)7-8-27-18(22)14-9-15(19(23)24)11-16(10-14)20(25)26/h2-6,9-12H,7-8H2,1H3/t12-/m1/s1. The van der Waals surface area contributed by atoms with Crippen LogP contribution in [0.2, 0.25) is 0 Å². The maximum atomic E-state index is 12.2. The molecule has 0 unspecified atom stereocenters. The molecule has 0 aliphatic heterocycles. The number of hydrogen-bond acceptors (Lipinski definition) is 7. The second-order valence-corrected chi connectivity index (χ2v) is 5.81. The van der Waals surface area contributed by atoms with Gasteiger partial charge < -0.3 is 4.74 Å². The van der Waals surface area contributed by atoms with Crippen LogP contribution >= 0.6 is 0 Å². The van der Waals surface area contributed by atoms with Crippen molar-refractivity contribution < 1.29 is 24.2 Å². The Hall–Kier alpha value is -3.62. The van der Waals surface area contributed by atoms with Crippen molar-refractivity contribution in [2.24, 2.45) is 5.92 Å². The molecule has 27 heavy (non-hydrogen) atoms. The largest absolute Gasteiger partial charge is 0.462 e. The lowest BCUT2D eigenvalue weighted by Crippen LogP contribution is -2.15. The number of hydrogen-bond donors (Lipinski definition) is 0. The zero-order valence-corrected chi connectivity index (χ0v) is 14.4. The van der Waals surface area contributed by atoms with E-state index in [1.807, 2.05) is 0 Å². The van der Waals surface area contributed by atoms with Crippen LogP contribution in [0.4, 0.5) is 11.4 Å². The summed E-state index contributed by atoms with van der Waals surface area (Å²) in [5.74, 6) is -1.43. The van der Waals surface area contributed by atoms with Crippen LogP contribution in [0, 0.1) is 26.1 Å². The summed E-state index contributed by atoms with van der Waals surface area (Å²) in [6.45, 7) is 1.59. The highest BCUT2D eigenvalue weighted by Gasteiger charge is 2.21. The number of carbonyl (C=O) groups excluding carboxylic acids is 2. The topological polar surface area (TPSA) is 130 Å². The fourth-order valence-electron chi connectivity index (χ4n) is 2.35. The van der Waals surface area contributed by atoms with Crippen molar-refractivity contribution in [1.29, 1.82) is 0 Å². The van der Waals surface area contributed by atoms with Gasteiger partial charge in [0.25, 0.3) is 11.4 Å². The van der Waals surface area contributed by atoms with Gasteiger partial charge >= 0.3 is 5.97 Å². The van der Waals surface area contributed by atoms with Crippen LogP contribution in [0.25, 0.3) is 0 Å². The molecule has 0 fully saturated rings. The van der Waals surface area contributed by atoms with E-state index in [1.54, 1.807) is 37.3 Å². The Morgan fingerprint density at radius 1 is 0.963 bits per heavy atom. The number of esters is 1. The molecule has 140 valence electrons. The van der Waals surface area contributed by atoms with Gasteiger partial charge in [0.05, 0.1) is 28.1 Å². The zero-order valence-electron chi connectivity index (χ0n) is 14.4. The van der Waals surface area contributed by atoms with Gasteiger partial charge in [-0.25, -0.2) is 4.79 Å². The number of carbonyl (C=O) groups is 2. The lowest BCUT2D eigenvalue weighted by atomic mass is 9.97. The minimum Gasteiger partial charge on any atom is -0.462 e. The van der Waals surface area contributed by atoms with E-state index >= 15 is 0 Å². The molecule has 1 atom stereocenters. The number of non-ortho nitro benzene ring substituents is 2. The molecule has 2 rings (SSSR count). The average Bonchev–Trinajstić information content (AvgIpc) is 2.67. The van der Waals surface area contributed by atoms with Gasteiger partial charge in [0.15, 0.2) is 5.78 Å². The summed E-state index contributed by atoms with van der Waals surface area (Å²) < 4.78 is 5.02. The van der Waals surface area contributed by atoms with Crippen molar-refractivity contribution in [3.8, 4) is 0 Å². The number of Topliss-reactive ketones (excluding diaryl/α,β-unsaturated/α-hetero) is 1. The molecule has 0 aliphatic carbocycles. The van der Waals surface area contributed by atoms with Crippen LogP contribution < -0.4 is 0 Å². The average molecular weight is 372 g/mol. The number of ketones is 1. The number of rotatable bonds is 8. The maximum absolute atomic E-state index is 12.2. The molecule has 0 saturated carbocycles. The summed E-state index contributed by atoms with van der Waals surface area (Å²) in [6, 6.07) is 11.2. The summed E-state index contributed by atoms with van der Waals surface area (Å²) in [4.78, 5) is 44.4. The molecule has 0 bridgehead atoms. The highest BCUT2D eigenvalue weighted by molar-refractivity contribution is 5.97. The molecule has 0 aromatic heterocycles. The molecular formula is C18H16N2O7. The lowest BCUT2D eigenvalue weighted by molar-refractivity contribution is -0.394. The number of ether oxygens (including phenoxy) is 1. The summed E-state index contributed by atoms with van der Waals surface area (Å²) in [5.41, 5.74) is -0.906. The molecule has 0 N–H and O–H groups in total. The first-order valence-corrected chi connectivity index (χ1v) is 8.00. The smallest absolute Gasteiger partial charge is 0.338 e. The zero-order chi connectivity index (χ0) is 20.0. The van der Waals surface area contributed by atoms with E-state index in [1.165, 1.54) is 0 Å². The predicted molar refractivity (Wildman–Crippen MR) is 94.6 cm³/mol. The van der Waals surface area contributed by atoms with Crippen molar-refractivity contribution >= 4 is 23.1 Å². The van der Waals surface area contributed by atoms with Gasteiger partial charge in [-0.1, -0.05) is 37.3 Å². The maximum Gasteiger partial charge on any atom is 0.338 e. The highest BCUT2D eigenvalue weighted by atomic mass is 16.6. The Labute approximate surface area is 153 Å². The summed E-state index contributed by atoms with van der Waals surface area (Å²) >= 11 is 0. The van der Waals surface area contributed by atoms with Crippen LogP contribution in [0.15, 0.2) is 48.5 Å². The molecule has 2 aromatic carbocycles. The van der Waals surface area contributed by atoms with Gasteiger partial charge in [0.2, 0.25) is 0 Å². The summed E-state index contributed by atoms with van der Waals surface area (Å²) in [6.07, 6.45) is 0.247. The number of nitrogens with zero attached hydrogens (tertiary/aromatic N) is 2. The fourth-order valence-corrected chi connectivity index (χ4v) is 2.35. The third-order valence-corrected chi connectivity index (χ3v) is 3.85. The van der Waals surface area contributed by atoms with Crippen LogP contribution in [-0.4, -0.2) is 28.2 Å². The molecule has 9 heteroatoms. The summed E-state index contributed by atoms with van der Waals surface area (Å²) in [5, 5.41) is 21.7. The van der Waals surface area contributed by atoms with Crippen LogP contribution in [0.3, 0.4) is 0 Å². The predicted octanol–water partition coefficient (Wildman–Crippen LogP) is 3.57. The van der Waals surface area contributed by atoms with E-state index < -0.39 is 33.1 Å². The Balaban J connectivity index is 2.00. The van der Waals surface area contributed by atoms with Crippen LogP contribution in [0.1, 0.15) is 34.1 Å². The van der Waals surface area contributed by atoms with Gasteiger partial charge in [-0.2, -0.15) is 0 Å². The molecule has 0 radical (unpaired) electrons. The Morgan fingerprint density at radius 3 is 2.04 bits per heavy atom. The Bertz CT molecular complexity index is 848. The van der Waals surface area contributed by atoms with E-state index in [4.69, 9.17) is 4.74 Å². The van der Waals surface area contributed by atoms with E-state index in [9.17, 15) is 29.8 Å². The van der Waals surface area contributed by atoms with Crippen molar-refractivity contribution in [3.63, 3.8) is 0 Å². The second-order valence-electron chi connectivity index (χ2n) is 5.81. The van der Waals surface area contributed by atoms with E-state index in [2.05, 4.69) is 0 Å². The first-order chi connectivity index (χ1) is 12.8. The van der Waals surface area contributed by atoms with E-state index in [-0.39, 0.29) is 24.4 Å². The molecule has 0 amide bonds. The lowest BCUT2D eigenvalue weighted by Gasteiger charge is -2.11. The van der Waals surface area contributed by atoms with Crippen molar-refractivity contribution in [2.75, 3.05) is 6.61 Å². The summed E-state index contributed by atoms with van der Waals surface area (Å²) in [7, 11) is 0. The molecule has 0 saturated heterocycles. The highest BCUT2D eigenvalue weighted by Crippen LogP contribution is 2.23. The molecule has 0 spiro atoms. The van der Waals surface area contributed by atoms with Crippen molar-refractivity contribution in [1.82, 2.24) is 0 Å². The molecule has 0 aliphatic rings. The third kappa shape index (κ3) is 5.18. The SMILES string of the molecule is C[C@H](CCOC(=O)c1cc([N+](=O)[O-])cc([N+](=O)[O-])c1)C(=O)c1ccccc1.